The van der Waals surface area contributed by atoms with Crippen molar-refractivity contribution in [2.45, 2.75) is 26.1 Å². The Morgan fingerprint density at radius 1 is 0.600 bits per heavy atom. The molecule has 0 aliphatic carbocycles. The van der Waals surface area contributed by atoms with Crippen molar-refractivity contribution in [2.75, 3.05) is 79.2 Å². The smallest absolute Gasteiger partial charge is 0.183 e. The Morgan fingerprint density at radius 2 is 0.960 bits per heavy atom. The molecule has 25 heavy (non-hydrogen) atoms. The van der Waals surface area contributed by atoms with Crippen LogP contribution in [-0.4, -0.2) is 87.5 Å². The van der Waals surface area contributed by atoms with Crippen LogP contribution in [0.2, 0.25) is 19.6 Å². The van der Waals surface area contributed by atoms with Crippen LogP contribution >= 0.6 is 0 Å². The lowest BCUT2D eigenvalue weighted by atomic mass is 10.5. The zero-order valence-corrected chi connectivity index (χ0v) is 17.2. The predicted octanol–water partition coefficient (Wildman–Crippen LogP) is 0.774. The van der Waals surface area contributed by atoms with E-state index < -0.39 is 8.32 Å². The van der Waals surface area contributed by atoms with Crippen LogP contribution in [0.5, 0.6) is 0 Å². The van der Waals surface area contributed by atoms with Gasteiger partial charge in [-0.2, -0.15) is 0 Å². The Morgan fingerprint density at radius 3 is 1.32 bits per heavy atom. The first-order valence-electron chi connectivity index (χ1n) is 9.02. The highest BCUT2D eigenvalue weighted by Gasteiger charge is 2.12. The summed E-state index contributed by atoms with van der Waals surface area (Å²) in [6.07, 6.45) is 0.900. The molecule has 0 radical (unpaired) electrons. The average molecular weight is 383 g/mol. The SMILES string of the molecule is C[Si](C)(C)OCCOCCOCCOCCOCCOCCCNN. The summed E-state index contributed by atoms with van der Waals surface area (Å²) in [5, 5.41) is 0. The number of hydrazine groups is 1. The van der Waals surface area contributed by atoms with E-state index in [1.54, 1.807) is 0 Å². The van der Waals surface area contributed by atoms with Crippen molar-refractivity contribution in [1.29, 1.82) is 0 Å². The first kappa shape index (κ1) is 24.9. The van der Waals surface area contributed by atoms with Gasteiger partial charge in [-0.25, -0.2) is 0 Å². The van der Waals surface area contributed by atoms with Crippen LogP contribution in [0.25, 0.3) is 0 Å². The fourth-order valence-electron chi connectivity index (χ4n) is 1.66. The average Bonchev–Trinajstić information content (AvgIpc) is 2.56. The van der Waals surface area contributed by atoms with Gasteiger partial charge < -0.3 is 28.1 Å². The van der Waals surface area contributed by atoms with Gasteiger partial charge in [-0.05, 0) is 26.1 Å². The van der Waals surface area contributed by atoms with Crippen LogP contribution in [0.15, 0.2) is 0 Å². The molecule has 3 N–H and O–H groups in total. The van der Waals surface area contributed by atoms with Crippen LogP contribution in [-0.2, 0) is 28.1 Å². The molecule has 0 unspecified atom stereocenters. The molecule has 9 heteroatoms. The Hall–Kier alpha value is -0.103. The second kappa shape index (κ2) is 18.7. The molecule has 0 aromatic heterocycles. The number of nitrogens with two attached hydrogens (primary N) is 1. The van der Waals surface area contributed by atoms with Crippen LogP contribution in [0.1, 0.15) is 6.42 Å². The first-order valence-corrected chi connectivity index (χ1v) is 12.4. The monoisotopic (exact) mass is 382 g/mol. The molecule has 0 saturated carbocycles. The fraction of sp³-hybridized carbons (Fsp3) is 1.00. The maximum atomic E-state index is 5.68. The van der Waals surface area contributed by atoms with E-state index in [1.165, 1.54) is 0 Å². The van der Waals surface area contributed by atoms with Gasteiger partial charge in [0.1, 0.15) is 0 Å². The van der Waals surface area contributed by atoms with Crippen molar-refractivity contribution in [2.24, 2.45) is 5.84 Å². The number of hydrogen-bond donors (Lipinski definition) is 2. The van der Waals surface area contributed by atoms with Crippen molar-refractivity contribution in [3.8, 4) is 0 Å². The lowest BCUT2D eigenvalue weighted by Crippen LogP contribution is -2.27. The Labute approximate surface area is 153 Å². The van der Waals surface area contributed by atoms with Crippen molar-refractivity contribution >= 4 is 8.32 Å². The molecule has 0 aliphatic heterocycles. The quantitative estimate of drug-likeness (QED) is 0.138. The van der Waals surface area contributed by atoms with Crippen molar-refractivity contribution < 1.29 is 28.1 Å². The standard InChI is InChI=1S/C16H38N2O6Si/c1-25(2,3)24-16-15-23-14-13-22-12-11-21-10-9-20-8-7-19-6-4-5-18-17/h18H,4-17H2,1-3H3. The minimum Gasteiger partial charge on any atom is -0.415 e. The summed E-state index contributed by atoms with van der Waals surface area (Å²) in [5.41, 5.74) is 2.58. The van der Waals surface area contributed by atoms with Gasteiger partial charge in [0.2, 0.25) is 0 Å². The molecule has 0 aliphatic rings. The summed E-state index contributed by atoms with van der Waals surface area (Å²) in [6, 6.07) is 0. The second-order valence-electron chi connectivity index (χ2n) is 6.33. The third-order valence-corrected chi connectivity index (χ3v) is 3.93. The van der Waals surface area contributed by atoms with E-state index in [9.17, 15) is 0 Å². The molecule has 0 rings (SSSR count). The molecule has 0 amide bonds. The summed E-state index contributed by atoms with van der Waals surface area (Å²) in [5.74, 6) is 5.15. The normalized spacial score (nSPS) is 12.0. The maximum absolute atomic E-state index is 5.68. The van der Waals surface area contributed by atoms with E-state index in [0.29, 0.717) is 72.7 Å². The summed E-state index contributed by atoms with van der Waals surface area (Å²) >= 11 is 0. The molecule has 0 bridgehead atoms. The fourth-order valence-corrected chi connectivity index (χ4v) is 2.36. The van der Waals surface area contributed by atoms with Crippen LogP contribution in [0.3, 0.4) is 0 Å². The van der Waals surface area contributed by atoms with E-state index in [4.69, 9.17) is 34.0 Å². The summed E-state index contributed by atoms with van der Waals surface area (Å²) < 4.78 is 32.7. The van der Waals surface area contributed by atoms with Gasteiger partial charge in [0.25, 0.3) is 0 Å². The molecule has 152 valence electrons. The topological polar surface area (TPSA) is 93.4 Å². The molecular weight excluding hydrogens is 344 g/mol. The van der Waals surface area contributed by atoms with Gasteiger partial charge in [0.05, 0.1) is 66.1 Å². The third kappa shape index (κ3) is 23.9. The van der Waals surface area contributed by atoms with Crippen LogP contribution in [0.4, 0.5) is 0 Å². The van der Waals surface area contributed by atoms with E-state index in [1.807, 2.05) is 0 Å². The third-order valence-electron chi connectivity index (χ3n) is 2.86. The Bertz CT molecular complexity index is 269. The lowest BCUT2D eigenvalue weighted by molar-refractivity contribution is -0.0129. The minimum atomic E-state index is -1.42. The zero-order valence-electron chi connectivity index (χ0n) is 16.2. The van der Waals surface area contributed by atoms with Gasteiger partial charge in [-0.15, -0.1) is 0 Å². The molecular formula is C16H38N2O6Si. The van der Waals surface area contributed by atoms with Crippen molar-refractivity contribution in [1.82, 2.24) is 5.43 Å². The molecule has 0 heterocycles. The van der Waals surface area contributed by atoms with Gasteiger partial charge in [0, 0.05) is 13.2 Å². The van der Waals surface area contributed by atoms with Gasteiger partial charge in [-0.1, -0.05) is 0 Å². The number of ether oxygens (including phenoxy) is 5. The Kier molecular flexibility index (Phi) is 18.6. The molecule has 0 aromatic carbocycles. The Balaban J connectivity index is 3.01. The maximum Gasteiger partial charge on any atom is 0.183 e. The number of hydrogen-bond acceptors (Lipinski definition) is 8. The molecule has 8 nitrogen and oxygen atoms in total. The highest BCUT2D eigenvalue weighted by Crippen LogP contribution is 2.01. The van der Waals surface area contributed by atoms with Gasteiger partial charge >= 0.3 is 0 Å². The van der Waals surface area contributed by atoms with Crippen LogP contribution < -0.4 is 11.3 Å². The van der Waals surface area contributed by atoms with E-state index in [0.717, 1.165) is 13.0 Å². The van der Waals surface area contributed by atoms with Gasteiger partial charge in [0.15, 0.2) is 8.32 Å². The zero-order chi connectivity index (χ0) is 18.6. The number of rotatable bonds is 20. The summed E-state index contributed by atoms with van der Waals surface area (Å²) in [6.45, 7) is 13.8. The molecule has 0 saturated heterocycles. The first-order chi connectivity index (χ1) is 12.1. The predicted molar refractivity (Wildman–Crippen MR) is 100 cm³/mol. The largest absolute Gasteiger partial charge is 0.415 e. The number of nitrogens with one attached hydrogen (secondary N) is 1. The highest BCUT2D eigenvalue weighted by atomic mass is 28.4. The minimum absolute atomic E-state index is 0.560. The molecule has 0 spiro atoms. The van der Waals surface area contributed by atoms with Gasteiger partial charge in [-0.3, -0.25) is 11.3 Å². The lowest BCUT2D eigenvalue weighted by Gasteiger charge is -2.16. The molecule has 0 fully saturated rings. The van der Waals surface area contributed by atoms with Crippen LogP contribution in [0, 0.1) is 0 Å². The second-order valence-corrected chi connectivity index (χ2v) is 10.8. The highest BCUT2D eigenvalue weighted by molar-refractivity contribution is 6.69. The van der Waals surface area contributed by atoms with E-state index in [2.05, 4.69) is 25.1 Å². The molecule has 0 aromatic rings. The van der Waals surface area contributed by atoms with E-state index in [-0.39, 0.29) is 0 Å². The molecule has 0 atom stereocenters. The van der Waals surface area contributed by atoms with E-state index >= 15 is 0 Å². The summed E-state index contributed by atoms with van der Waals surface area (Å²) in [4.78, 5) is 0. The van der Waals surface area contributed by atoms with Crippen molar-refractivity contribution in [3.05, 3.63) is 0 Å². The van der Waals surface area contributed by atoms with Crippen molar-refractivity contribution in [3.63, 3.8) is 0 Å². The summed E-state index contributed by atoms with van der Waals surface area (Å²) in [7, 11) is -1.42.